The molecule has 0 saturated carbocycles. The van der Waals surface area contributed by atoms with Gasteiger partial charge in [-0.15, -0.1) is 0 Å². The van der Waals surface area contributed by atoms with Crippen molar-refractivity contribution in [3.05, 3.63) is 53.9 Å². The number of benzene rings is 1. The summed E-state index contributed by atoms with van der Waals surface area (Å²) in [5.74, 6) is -0.439. The molecule has 148 valence electrons. The first kappa shape index (κ1) is 19.9. The highest BCUT2D eigenvalue weighted by molar-refractivity contribution is 7.89. The summed E-state index contributed by atoms with van der Waals surface area (Å²) in [4.78, 5) is 20.0. The molecule has 8 nitrogen and oxygen atoms in total. The fraction of sp³-hybridized carbons (Fsp3) is 0.278. The van der Waals surface area contributed by atoms with Gasteiger partial charge >= 0.3 is 5.97 Å². The SMILES string of the molecule is Cc1nc(S(=O)(=O)NCCC(=O)OCc2ccc(F)c3cccnc23)cn1C. The highest BCUT2D eigenvalue weighted by Gasteiger charge is 2.18. The molecule has 0 saturated heterocycles. The number of pyridine rings is 1. The Morgan fingerprint density at radius 3 is 2.82 bits per heavy atom. The number of rotatable bonds is 7. The Morgan fingerprint density at radius 1 is 1.32 bits per heavy atom. The number of aromatic nitrogens is 3. The number of fused-ring (bicyclic) bond motifs is 1. The van der Waals surface area contributed by atoms with Crippen molar-refractivity contribution in [2.75, 3.05) is 6.54 Å². The molecule has 1 aromatic carbocycles. The molecule has 0 bridgehead atoms. The highest BCUT2D eigenvalue weighted by atomic mass is 32.2. The number of hydrogen-bond acceptors (Lipinski definition) is 6. The Kier molecular flexibility index (Phi) is 5.71. The fourth-order valence-corrected chi connectivity index (χ4v) is 3.63. The number of nitrogens with zero attached hydrogens (tertiary/aromatic N) is 3. The molecule has 28 heavy (non-hydrogen) atoms. The Hall–Kier alpha value is -2.85. The molecule has 1 N–H and O–H groups in total. The number of esters is 1. The molecule has 0 atom stereocenters. The smallest absolute Gasteiger partial charge is 0.307 e. The van der Waals surface area contributed by atoms with E-state index in [1.54, 1.807) is 30.7 Å². The largest absolute Gasteiger partial charge is 0.461 e. The minimum atomic E-state index is -3.80. The molecule has 0 aliphatic carbocycles. The lowest BCUT2D eigenvalue weighted by Crippen LogP contribution is -2.27. The van der Waals surface area contributed by atoms with E-state index in [9.17, 15) is 17.6 Å². The van der Waals surface area contributed by atoms with E-state index in [0.717, 1.165) is 0 Å². The molecule has 3 rings (SSSR count). The predicted octanol–water partition coefficient (Wildman–Crippen LogP) is 1.83. The normalized spacial score (nSPS) is 11.7. The van der Waals surface area contributed by atoms with E-state index in [-0.39, 0.29) is 24.6 Å². The third-order valence-corrected chi connectivity index (χ3v) is 5.50. The third-order valence-electron chi connectivity index (χ3n) is 4.17. The number of halogens is 1. The summed E-state index contributed by atoms with van der Waals surface area (Å²) in [7, 11) is -2.11. The average Bonchev–Trinajstić information content (AvgIpc) is 3.01. The molecule has 2 heterocycles. The summed E-state index contributed by atoms with van der Waals surface area (Å²) in [5, 5.41) is 0.235. The van der Waals surface area contributed by atoms with Crippen LogP contribution >= 0.6 is 0 Å². The van der Waals surface area contributed by atoms with Crippen LogP contribution in [0.15, 0.2) is 41.7 Å². The van der Waals surface area contributed by atoms with Gasteiger partial charge in [0, 0.05) is 36.9 Å². The molecule has 0 unspecified atom stereocenters. The van der Waals surface area contributed by atoms with E-state index in [1.165, 1.54) is 24.5 Å². The van der Waals surface area contributed by atoms with Crippen LogP contribution in [-0.2, 0) is 33.2 Å². The van der Waals surface area contributed by atoms with E-state index in [4.69, 9.17) is 4.74 Å². The van der Waals surface area contributed by atoms with Crippen LogP contribution in [0.25, 0.3) is 10.9 Å². The van der Waals surface area contributed by atoms with E-state index >= 15 is 0 Å². The van der Waals surface area contributed by atoms with Gasteiger partial charge in [-0.05, 0) is 25.1 Å². The molecule has 0 radical (unpaired) electrons. The summed E-state index contributed by atoms with van der Waals surface area (Å²) >= 11 is 0. The summed E-state index contributed by atoms with van der Waals surface area (Å²) in [6.45, 7) is 1.47. The quantitative estimate of drug-likeness (QED) is 0.601. The van der Waals surface area contributed by atoms with E-state index in [1.807, 2.05) is 0 Å². The monoisotopic (exact) mass is 406 g/mol. The molecule has 10 heteroatoms. The van der Waals surface area contributed by atoms with Crippen LogP contribution < -0.4 is 4.72 Å². The summed E-state index contributed by atoms with van der Waals surface area (Å²) in [6.07, 6.45) is 2.77. The van der Waals surface area contributed by atoms with Gasteiger partial charge in [0.05, 0.1) is 11.9 Å². The topological polar surface area (TPSA) is 103 Å². The zero-order valence-electron chi connectivity index (χ0n) is 15.3. The number of sulfonamides is 1. The van der Waals surface area contributed by atoms with Gasteiger partial charge in [-0.3, -0.25) is 9.78 Å². The second-order valence-electron chi connectivity index (χ2n) is 6.15. The van der Waals surface area contributed by atoms with E-state index in [2.05, 4.69) is 14.7 Å². The van der Waals surface area contributed by atoms with Crippen molar-refractivity contribution in [2.24, 2.45) is 7.05 Å². The minimum Gasteiger partial charge on any atom is -0.461 e. The van der Waals surface area contributed by atoms with Crippen LogP contribution in [0.5, 0.6) is 0 Å². The van der Waals surface area contributed by atoms with Gasteiger partial charge in [0.15, 0.2) is 5.03 Å². The zero-order chi connectivity index (χ0) is 20.3. The van der Waals surface area contributed by atoms with Crippen molar-refractivity contribution >= 4 is 26.9 Å². The first-order valence-corrected chi connectivity index (χ1v) is 9.93. The van der Waals surface area contributed by atoms with Crippen LogP contribution in [0.2, 0.25) is 0 Å². The van der Waals surface area contributed by atoms with Crippen LogP contribution in [0, 0.1) is 12.7 Å². The number of aryl methyl sites for hydroxylation is 2. The lowest BCUT2D eigenvalue weighted by Gasteiger charge is -2.08. The number of ether oxygens (including phenoxy) is 1. The maximum atomic E-state index is 13.8. The van der Waals surface area contributed by atoms with Crippen molar-refractivity contribution in [3.8, 4) is 0 Å². The zero-order valence-corrected chi connectivity index (χ0v) is 16.2. The lowest BCUT2D eigenvalue weighted by molar-refractivity contribution is -0.144. The van der Waals surface area contributed by atoms with Crippen molar-refractivity contribution in [1.29, 1.82) is 0 Å². The molecular formula is C18H19FN4O4S. The van der Waals surface area contributed by atoms with Crippen molar-refractivity contribution in [3.63, 3.8) is 0 Å². The van der Waals surface area contributed by atoms with Crippen LogP contribution in [0.4, 0.5) is 4.39 Å². The van der Waals surface area contributed by atoms with E-state index < -0.39 is 21.8 Å². The van der Waals surface area contributed by atoms with Gasteiger partial charge in [0.25, 0.3) is 10.0 Å². The summed E-state index contributed by atoms with van der Waals surface area (Å²) in [6, 6.07) is 6.01. The number of hydrogen-bond donors (Lipinski definition) is 1. The van der Waals surface area contributed by atoms with Gasteiger partial charge in [0.2, 0.25) is 0 Å². The Morgan fingerprint density at radius 2 is 2.11 bits per heavy atom. The molecule has 3 aromatic rings. The van der Waals surface area contributed by atoms with Crippen molar-refractivity contribution in [1.82, 2.24) is 19.3 Å². The molecule has 0 aliphatic rings. The number of carbonyl (C=O) groups is 1. The molecule has 0 aliphatic heterocycles. The summed E-state index contributed by atoms with van der Waals surface area (Å²) in [5.41, 5.74) is 0.983. The molecule has 0 fully saturated rings. The van der Waals surface area contributed by atoms with Gasteiger partial charge in [-0.25, -0.2) is 22.5 Å². The number of carbonyl (C=O) groups excluding carboxylic acids is 1. The van der Waals surface area contributed by atoms with Gasteiger partial charge in [-0.2, -0.15) is 0 Å². The third kappa shape index (κ3) is 4.34. The predicted molar refractivity (Wildman–Crippen MR) is 99.2 cm³/mol. The second kappa shape index (κ2) is 8.03. The maximum Gasteiger partial charge on any atom is 0.307 e. The number of nitrogens with one attached hydrogen (secondary N) is 1. The van der Waals surface area contributed by atoms with Crippen LogP contribution in [0.3, 0.4) is 0 Å². The number of imidazole rings is 1. The van der Waals surface area contributed by atoms with Crippen LogP contribution in [-0.4, -0.2) is 35.5 Å². The maximum absolute atomic E-state index is 13.8. The Bertz CT molecular complexity index is 1110. The minimum absolute atomic E-state index is 0.0845. The Labute approximate surface area is 161 Å². The molecule has 0 spiro atoms. The van der Waals surface area contributed by atoms with Gasteiger partial charge in [0.1, 0.15) is 18.2 Å². The van der Waals surface area contributed by atoms with E-state index in [0.29, 0.717) is 22.3 Å². The lowest BCUT2D eigenvalue weighted by atomic mass is 10.1. The average molecular weight is 406 g/mol. The first-order chi connectivity index (χ1) is 13.3. The standard InChI is InChI=1S/C18H19FN4O4S/c1-12-22-16(10-23(12)2)28(25,26)21-9-7-17(24)27-11-13-5-6-15(19)14-4-3-8-20-18(13)14/h3-6,8,10,21H,7,9,11H2,1-2H3. The fourth-order valence-electron chi connectivity index (χ4n) is 2.56. The molecule has 2 aromatic heterocycles. The summed E-state index contributed by atoms with van der Waals surface area (Å²) < 4.78 is 47.2. The van der Waals surface area contributed by atoms with Crippen molar-refractivity contribution in [2.45, 2.75) is 25.0 Å². The first-order valence-electron chi connectivity index (χ1n) is 8.45. The molecule has 0 amide bonds. The second-order valence-corrected chi connectivity index (χ2v) is 7.87. The Balaban J connectivity index is 1.55. The van der Waals surface area contributed by atoms with Crippen LogP contribution in [0.1, 0.15) is 17.8 Å². The van der Waals surface area contributed by atoms with Gasteiger partial charge < -0.3 is 9.30 Å². The van der Waals surface area contributed by atoms with Gasteiger partial charge in [-0.1, -0.05) is 6.07 Å². The molecular weight excluding hydrogens is 387 g/mol. The highest BCUT2D eigenvalue weighted by Crippen LogP contribution is 2.20. The van der Waals surface area contributed by atoms with Crippen molar-refractivity contribution < 1.29 is 22.3 Å².